The fourth-order valence-corrected chi connectivity index (χ4v) is 13.5. The van der Waals surface area contributed by atoms with Crippen molar-refractivity contribution in [1.82, 2.24) is 46.4 Å². The molecule has 0 saturated carbocycles. The van der Waals surface area contributed by atoms with E-state index in [0.717, 1.165) is 40.6 Å². The van der Waals surface area contributed by atoms with Gasteiger partial charge in [-0.05, 0) is 91.8 Å². The van der Waals surface area contributed by atoms with Gasteiger partial charge in [-0.3, -0.25) is 57.4 Å². The third-order valence-electron chi connectivity index (χ3n) is 18.7. The standard InChI is InChI=1S/C72H88FN12O25P/c1-5-72(47-32-53-62-45(36-84(53)67(95)46(47)38-108-69(72)97)44-9-6-8-43-40(4)48(73)33-51(81-62)60(43)44)110-71(99)109-37-41-11-13-42(14-12-41)78-63(91)49(10-7-20-76-70(74)98)82-66(94)61(39(2)3)83-64(92)52(34-57(88)79-50-17-23-107-68(50)96)80-56(87)18-22-103-25-27-105-29-30-106-28-26-104-24-21-75-65(93)54(85-58(89)15-16-59(85)90)35-77-55(86)19-31-111(100,101)102/h11-16,32-33,39,49-50,54,61H,5-10,17-31,34-38H2,1-4H3,(H,75,93)(H,77,86)(H,78,91)(H,79,88)(H,82,94)(H,83,92)(H3,74,76,98)(H2,100,101,102)/t49-,50-,54-,61-,72-/m0/s1. The minimum Gasteiger partial charge on any atom is -0.464 e. The lowest BCUT2D eigenvalue weighted by atomic mass is 9.84. The molecule has 5 atom stereocenters. The number of cyclic esters (lactones) is 2. The van der Waals surface area contributed by atoms with E-state index in [-0.39, 0.29) is 135 Å². The number of benzene rings is 2. The van der Waals surface area contributed by atoms with Gasteiger partial charge in [0.2, 0.25) is 41.0 Å². The summed E-state index contributed by atoms with van der Waals surface area (Å²) in [5.41, 5.74) is 7.38. The number of anilines is 1. The van der Waals surface area contributed by atoms with Crippen LogP contribution in [-0.4, -0.2) is 217 Å². The van der Waals surface area contributed by atoms with Gasteiger partial charge in [-0.1, -0.05) is 32.9 Å². The highest BCUT2D eigenvalue weighted by atomic mass is 31.2. The molecule has 0 radical (unpaired) electrons. The number of amides is 11. The number of halogens is 1. The number of aromatic nitrogens is 2. The number of esters is 2. The van der Waals surface area contributed by atoms with Gasteiger partial charge in [-0.2, -0.15) is 0 Å². The van der Waals surface area contributed by atoms with E-state index in [0.29, 0.717) is 45.8 Å². The highest BCUT2D eigenvalue weighted by molar-refractivity contribution is 7.51. The van der Waals surface area contributed by atoms with Crippen molar-refractivity contribution in [2.24, 2.45) is 16.6 Å². The number of pyridine rings is 2. The molecule has 37 nitrogen and oxygen atoms in total. The predicted molar refractivity (Wildman–Crippen MR) is 386 cm³/mol. The molecule has 0 spiro atoms. The van der Waals surface area contributed by atoms with Crippen LogP contribution in [0.3, 0.4) is 0 Å². The maximum atomic E-state index is 15.2. The summed E-state index contributed by atoms with van der Waals surface area (Å²) >= 11 is 0. The Morgan fingerprint density at radius 1 is 0.793 bits per heavy atom. The number of aliphatic imine (C=N–C) groups is 1. The fourth-order valence-electron chi connectivity index (χ4n) is 13.0. The van der Waals surface area contributed by atoms with E-state index in [1.807, 2.05) is 0 Å². The quantitative estimate of drug-likeness (QED) is 0.00645. The van der Waals surface area contributed by atoms with E-state index in [1.165, 1.54) is 34.9 Å². The Kier molecular flexibility index (Phi) is 29.4. The van der Waals surface area contributed by atoms with Crippen molar-refractivity contribution < 1.29 is 119 Å². The number of nitrogens with two attached hydrogens (primary N) is 1. The highest BCUT2D eigenvalue weighted by Gasteiger charge is 2.51. The zero-order chi connectivity index (χ0) is 80.3. The monoisotopic (exact) mass is 1570 g/mol. The molecule has 1 saturated heterocycles. The normalized spacial score (nSPS) is 17.0. The Morgan fingerprint density at radius 3 is 2.12 bits per heavy atom. The second-order valence-corrected chi connectivity index (χ2v) is 28.5. The van der Waals surface area contributed by atoms with Gasteiger partial charge >= 0.3 is 31.7 Å². The van der Waals surface area contributed by atoms with E-state index >= 15 is 4.39 Å². The summed E-state index contributed by atoms with van der Waals surface area (Å²) in [7, 11) is -4.48. The zero-order valence-corrected chi connectivity index (χ0v) is 62.3. The molecule has 11 N–H and O–H groups in total. The number of hydrogen-bond acceptors (Lipinski definition) is 24. The molecule has 4 aliphatic heterocycles. The number of aryl methyl sites for hydroxylation is 2. The number of imide groups is 1. The zero-order valence-electron chi connectivity index (χ0n) is 61.4. The number of hydrogen-bond donors (Lipinski definition) is 10. The fraction of sp³-hybridized carbons (Fsp3) is 0.500. The number of carbonyl (C=O) groups excluding carboxylic acids is 13. The number of urea groups is 1. The summed E-state index contributed by atoms with van der Waals surface area (Å²) < 4.78 is 71.6. The first-order valence-corrected chi connectivity index (χ1v) is 37.8. The van der Waals surface area contributed by atoms with Crippen LogP contribution in [0.2, 0.25) is 0 Å². The minimum atomic E-state index is -4.48. The summed E-state index contributed by atoms with van der Waals surface area (Å²) in [6.45, 7) is 5.59. The van der Waals surface area contributed by atoms with Crippen molar-refractivity contribution in [1.29, 1.82) is 0 Å². The van der Waals surface area contributed by atoms with Crippen molar-refractivity contribution in [2.45, 2.75) is 141 Å². The summed E-state index contributed by atoms with van der Waals surface area (Å²) in [6.07, 6.45) is 0.250. The molecule has 6 heterocycles. The summed E-state index contributed by atoms with van der Waals surface area (Å²) in [6, 6.07) is 2.79. The molecule has 0 unspecified atom stereocenters. The molecule has 11 amide bonds. The van der Waals surface area contributed by atoms with E-state index in [2.05, 4.69) is 42.2 Å². The largest absolute Gasteiger partial charge is 0.510 e. The molecule has 1 fully saturated rings. The van der Waals surface area contributed by atoms with E-state index < -0.39 is 170 Å². The maximum absolute atomic E-state index is 15.2. The molecule has 0 bridgehead atoms. The minimum absolute atomic E-state index is 0.00297. The van der Waals surface area contributed by atoms with Crippen molar-refractivity contribution in [3.05, 3.63) is 104 Å². The van der Waals surface area contributed by atoms with Crippen LogP contribution in [0.15, 0.2) is 58.3 Å². The van der Waals surface area contributed by atoms with Gasteiger partial charge in [-0.15, -0.1) is 0 Å². The Hall–Kier alpha value is -10.8. The van der Waals surface area contributed by atoms with Crippen LogP contribution in [0.25, 0.3) is 22.3 Å². The molecule has 4 aromatic rings. The first-order valence-electron chi connectivity index (χ1n) is 36.0. The first kappa shape index (κ1) is 84.3. The molecule has 598 valence electrons. The van der Waals surface area contributed by atoms with Gasteiger partial charge < -0.3 is 95.2 Å². The van der Waals surface area contributed by atoms with Gasteiger partial charge in [0.15, 0.2) is 0 Å². The van der Waals surface area contributed by atoms with Crippen LogP contribution in [-0.2, 0) is 133 Å². The van der Waals surface area contributed by atoms with Crippen molar-refractivity contribution in [3.63, 3.8) is 0 Å². The Labute approximate surface area is 633 Å². The van der Waals surface area contributed by atoms with Crippen LogP contribution in [0.4, 0.5) is 19.7 Å². The molecule has 2 aromatic carbocycles. The molecular weight excluding hydrogens is 1480 g/mol. The third kappa shape index (κ3) is 22.1. The highest BCUT2D eigenvalue weighted by Crippen LogP contribution is 2.45. The topological polar surface area (TPSA) is 514 Å². The number of nitrogens with one attached hydrogen (secondary N) is 7. The van der Waals surface area contributed by atoms with Crippen LogP contribution >= 0.6 is 7.60 Å². The molecule has 39 heteroatoms. The number of nitrogens with zero attached hydrogens (tertiary/aromatic N) is 4. The second-order valence-electron chi connectivity index (χ2n) is 26.7. The lowest BCUT2D eigenvalue weighted by Crippen LogP contribution is -2.55. The van der Waals surface area contributed by atoms with Crippen LogP contribution < -0.4 is 48.5 Å². The van der Waals surface area contributed by atoms with E-state index in [4.69, 9.17) is 58.4 Å². The number of rotatable bonds is 40. The van der Waals surface area contributed by atoms with E-state index in [1.54, 1.807) is 33.8 Å². The van der Waals surface area contributed by atoms with Gasteiger partial charge in [-0.25, -0.2) is 33.5 Å². The molecule has 2 aromatic heterocycles. The van der Waals surface area contributed by atoms with E-state index in [9.17, 15) is 71.7 Å². The Morgan fingerprint density at radius 2 is 1.47 bits per heavy atom. The summed E-state index contributed by atoms with van der Waals surface area (Å²) in [5, 5.41) is 18.4. The van der Waals surface area contributed by atoms with Crippen molar-refractivity contribution >= 4 is 107 Å². The average Bonchev–Trinajstić information content (AvgIpc) is 1.62. The average molecular weight is 1570 g/mol. The SMILES string of the molecule is CC[C@@]1(OC(=O)OCc2ccc(NC(=O)[C@H](CCCNC(N)=O)NC(=O)[C@@H](NC(=O)C(CC(=O)N[C@H]3CCOC3=O)=NC(=O)CCOCCOCCOCCOCCNC(=O)[C@H](CNC(=O)CCP(=O)(O)O)N3C(=O)C=CC3=O)C(C)C)cc2)C(=O)OCc2c1cc1n(c2=O)Cc2c-1nc1cc(F)c(C)c3c1c2CCC3. The van der Waals surface area contributed by atoms with Gasteiger partial charge in [0, 0.05) is 72.9 Å². The lowest BCUT2D eigenvalue weighted by Gasteiger charge is -2.35. The molecule has 9 rings (SSSR count). The van der Waals surface area contributed by atoms with Crippen LogP contribution in [0.1, 0.15) is 111 Å². The molecule has 1 aliphatic carbocycles. The second kappa shape index (κ2) is 38.7. The number of ether oxygens (including phenoxy) is 8. The number of primary amides is 1. The van der Waals surface area contributed by atoms with Crippen LogP contribution in [0.5, 0.6) is 0 Å². The number of fused-ring (bicyclic) bond motifs is 5. The van der Waals surface area contributed by atoms with Crippen molar-refractivity contribution in [3.8, 4) is 11.4 Å². The first-order chi connectivity index (χ1) is 53.0. The molecule has 111 heavy (non-hydrogen) atoms. The van der Waals surface area contributed by atoms with Gasteiger partial charge in [0.1, 0.15) is 48.9 Å². The smallest absolute Gasteiger partial charge is 0.464 e. The Bertz CT molecular complexity index is 4430. The summed E-state index contributed by atoms with van der Waals surface area (Å²) in [4.78, 5) is 212. The maximum Gasteiger partial charge on any atom is 0.510 e. The third-order valence-corrected chi connectivity index (χ3v) is 19.5. The summed E-state index contributed by atoms with van der Waals surface area (Å²) in [5.74, 6) is -10.5. The van der Waals surface area contributed by atoms with Crippen molar-refractivity contribution in [2.75, 3.05) is 90.6 Å². The van der Waals surface area contributed by atoms with Crippen LogP contribution in [0, 0.1) is 18.7 Å². The van der Waals surface area contributed by atoms with Gasteiger partial charge in [0.25, 0.3) is 23.3 Å². The lowest BCUT2D eigenvalue weighted by molar-refractivity contribution is -0.175. The number of carbonyl (C=O) groups is 13. The Balaban J connectivity index is 0.734. The molecule has 5 aliphatic rings. The predicted octanol–water partition coefficient (Wildman–Crippen LogP) is 0.729. The van der Waals surface area contributed by atoms with Gasteiger partial charge in [0.05, 0.1) is 107 Å². The molecular formula is C72H88FN12O25P.